The molecule has 0 saturated heterocycles. The zero-order valence-corrected chi connectivity index (χ0v) is 17.6. The Morgan fingerprint density at radius 3 is 2.54 bits per heavy atom. The third-order valence-corrected chi connectivity index (χ3v) is 5.70. The average molecular weight is 486 g/mol. The molecule has 26 heavy (non-hydrogen) atoms. The summed E-state index contributed by atoms with van der Waals surface area (Å²) in [5.41, 5.74) is 4.95. The molecule has 1 amide bonds. The van der Waals surface area contributed by atoms with E-state index in [4.69, 9.17) is 9.47 Å². The number of phenols is 1. The lowest BCUT2D eigenvalue weighted by Crippen LogP contribution is -2.25. The van der Waals surface area contributed by atoms with Gasteiger partial charge in [0.2, 0.25) is 0 Å². The van der Waals surface area contributed by atoms with Crippen LogP contribution in [0.4, 0.5) is 0 Å². The minimum absolute atomic E-state index is 0.0254. The van der Waals surface area contributed by atoms with Gasteiger partial charge in [0.05, 0.1) is 17.8 Å². The van der Waals surface area contributed by atoms with Gasteiger partial charge in [0, 0.05) is 10.0 Å². The minimum Gasteiger partial charge on any atom is -0.503 e. The number of methoxy groups -OCH3 is 1. The number of hydrogen-bond donors (Lipinski definition) is 2. The number of rotatable bonds is 6. The van der Waals surface area contributed by atoms with Gasteiger partial charge in [0.1, 0.15) is 5.75 Å². The van der Waals surface area contributed by atoms with Gasteiger partial charge in [-0.15, -0.1) is 0 Å². The molecular weight excluding hydrogens is 468 g/mol. The van der Waals surface area contributed by atoms with Crippen LogP contribution in [0.15, 0.2) is 38.3 Å². The smallest absolute Gasteiger partial charge is 0.277 e. The van der Waals surface area contributed by atoms with Crippen molar-refractivity contribution in [3.8, 4) is 17.2 Å². The highest BCUT2D eigenvalue weighted by molar-refractivity contribution is 9.13. The van der Waals surface area contributed by atoms with Crippen LogP contribution in [0, 0.1) is 13.8 Å². The fourth-order valence-corrected chi connectivity index (χ4v) is 3.06. The van der Waals surface area contributed by atoms with Crippen molar-refractivity contribution in [2.75, 3.05) is 13.7 Å². The van der Waals surface area contributed by atoms with Crippen molar-refractivity contribution < 1.29 is 19.4 Å². The number of phenolic OH excluding ortho intramolecular Hbond substituents is 1. The summed E-state index contributed by atoms with van der Waals surface area (Å²) >= 11 is 6.61. The van der Waals surface area contributed by atoms with Gasteiger partial charge < -0.3 is 14.6 Å². The molecule has 0 fully saturated rings. The summed E-state index contributed by atoms with van der Waals surface area (Å²) in [7, 11) is 1.45. The second kappa shape index (κ2) is 9.05. The van der Waals surface area contributed by atoms with Gasteiger partial charge in [0.15, 0.2) is 18.1 Å². The summed E-state index contributed by atoms with van der Waals surface area (Å²) in [6.07, 6.45) is 1.44. The van der Waals surface area contributed by atoms with Gasteiger partial charge in [0.25, 0.3) is 5.91 Å². The number of halogens is 2. The molecule has 6 nitrogen and oxygen atoms in total. The lowest BCUT2D eigenvalue weighted by molar-refractivity contribution is -0.123. The van der Waals surface area contributed by atoms with E-state index in [9.17, 15) is 9.90 Å². The molecule has 0 aliphatic carbocycles. The molecule has 0 radical (unpaired) electrons. The lowest BCUT2D eigenvalue weighted by atomic mass is 10.1. The molecule has 0 aliphatic rings. The molecular formula is C18H18Br2N2O4. The first-order valence-electron chi connectivity index (χ1n) is 7.61. The summed E-state index contributed by atoms with van der Waals surface area (Å²) in [6, 6.07) is 7.37. The summed E-state index contributed by atoms with van der Waals surface area (Å²) in [4.78, 5) is 11.9. The molecule has 2 rings (SSSR count). The molecule has 2 aromatic rings. The van der Waals surface area contributed by atoms with E-state index in [0.29, 0.717) is 20.3 Å². The number of para-hydroxylation sites is 1. The molecule has 0 spiro atoms. The third-order valence-electron chi connectivity index (χ3n) is 3.54. The predicted octanol–water partition coefficient (Wildman–Crippen LogP) is 4.07. The largest absolute Gasteiger partial charge is 0.503 e. The topological polar surface area (TPSA) is 80.2 Å². The van der Waals surface area contributed by atoms with Gasteiger partial charge in [-0.05, 0) is 62.9 Å². The summed E-state index contributed by atoms with van der Waals surface area (Å²) < 4.78 is 11.7. The van der Waals surface area contributed by atoms with Crippen LogP contribution >= 0.6 is 31.9 Å². The first-order chi connectivity index (χ1) is 12.3. The number of carbonyl (C=O) groups is 1. The first kappa shape index (κ1) is 20.3. The van der Waals surface area contributed by atoms with Crippen molar-refractivity contribution in [1.29, 1.82) is 0 Å². The van der Waals surface area contributed by atoms with Crippen LogP contribution in [0.2, 0.25) is 0 Å². The number of hydrazone groups is 1. The minimum atomic E-state index is -0.384. The molecule has 2 aromatic carbocycles. The van der Waals surface area contributed by atoms with Crippen LogP contribution in [-0.2, 0) is 4.79 Å². The van der Waals surface area contributed by atoms with E-state index >= 15 is 0 Å². The molecule has 0 unspecified atom stereocenters. The standard InChI is InChI=1S/C18H18Br2N2O4/c1-10-5-4-6-11(2)18(10)26-9-14(23)22-21-8-12-7-13(25-3)17(24)16(20)15(12)19/h4-8,24H,9H2,1-3H3,(H,22,23). The Morgan fingerprint density at radius 2 is 1.92 bits per heavy atom. The Hall–Kier alpha value is -2.06. The summed E-state index contributed by atoms with van der Waals surface area (Å²) in [5, 5.41) is 13.8. The number of nitrogens with zero attached hydrogens (tertiary/aromatic N) is 1. The van der Waals surface area contributed by atoms with Crippen molar-refractivity contribution in [3.63, 3.8) is 0 Å². The van der Waals surface area contributed by atoms with Gasteiger partial charge in [-0.25, -0.2) is 5.43 Å². The summed E-state index contributed by atoms with van der Waals surface area (Å²) in [6.45, 7) is 3.70. The Bertz CT molecular complexity index is 833. The maximum absolute atomic E-state index is 11.9. The molecule has 2 N–H and O–H groups in total. The number of carbonyl (C=O) groups excluding carboxylic acids is 1. The Balaban J connectivity index is 2.00. The third kappa shape index (κ3) is 4.76. The zero-order chi connectivity index (χ0) is 19.3. The number of amides is 1. The van der Waals surface area contributed by atoms with Gasteiger partial charge >= 0.3 is 0 Å². The fourth-order valence-electron chi connectivity index (χ4n) is 2.23. The molecule has 0 bridgehead atoms. The Labute approximate surface area is 168 Å². The zero-order valence-electron chi connectivity index (χ0n) is 14.5. The molecule has 0 heterocycles. The quantitative estimate of drug-likeness (QED) is 0.477. The van der Waals surface area contributed by atoms with Crippen molar-refractivity contribution in [2.24, 2.45) is 5.10 Å². The predicted molar refractivity (Wildman–Crippen MR) is 107 cm³/mol. The number of aromatic hydroxyl groups is 1. The van der Waals surface area contributed by atoms with E-state index in [2.05, 4.69) is 42.4 Å². The van der Waals surface area contributed by atoms with E-state index < -0.39 is 0 Å². The molecule has 0 aliphatic heterocycles. The number of aryl methyl sites for hydroxylation is 2. The van der Waals surface area contributed by atoms with Crippen LogP contribution in [0.5, 0.6) is 17.2 Å². The van der Waals surface area contributed by atoms with E-state index in [1.807, 2.05) is 32.0 Å². The van der Waals surface area contributed by atoms with Crippen molar-refractivity contribution in [2.45, 2.75) is 13.8 Å². The Kier molecular flexibility index (Phi) is 7.05. The lowest BCUT2D eigenvalue weighted by Gasteiger charge is -2.11. The van der Waals surface area contributed by atoms with E-state index in [1.165, 1.54) is 13.3 Å². The second-order valence-electron chi connectivity index (χ2n) is 5.45. The van der Waals surface area contributed by atoms with Crippen LogP contribution < -0.4 is 14.9 Å². The highest BCUT2D eigenvalue weighted by Gasteiger charge is 2.14. The molecule has 0 atom stereocenters. The Morgan fingerprint density at radius 1 is 1.27 bits per heavy atom. The monoisotopic (exact) mass is 484 g/mol. The summed E-state index contributed by atoms with van der Waals surface area (Å²) in [5.74, 6) is 0.570. The SMILES string of the molecule is COc1cc(C=NNC(=O)COc2c(C)cccc2C)c(Br)c(Br)c1O. The normalized spacial score (nSPS) is 10.8. The second-order valence-corrected chi connectivity index (χ2v) is 7.03. The maximum Gasteiger partial charge on any atom is 0.277 e. The fraction of sp³-hybridized carbons (Fsp3) is 0.222. The number of ether oxygens (including phenoxy) is 2. The molecule has 0 aromatic heterocycles. The van der Waals surface area contributed by atoms with E-state index in [1.54, 1.807) is 6.07 Å². The molecule has 0 saturated carbocycles. The number of nitrogens with one attached hydrogen (secondary N) is 1. The van der Waals surface area contributed by atoms with E-state index in [-0.39, 0.29) is 24.0 Å². The van der Waals surface area contributed by atoms with Crippen molar-refractivity contribution >= 4 is 44.0 Å². The van der Waals surface area contributed by atoms with Crippen molar-refractivity contribution in [3.05, 3.63) is 49.9 Å². The van der Waals surface area contributed by atoms with Crippen molar-refractivity contribution in [1.82, 2.24) is 5.43 Å². The highest BCUT2D eigenvalue weighted by Crippen LogP contribution is 2.41. The van der Waals surface area contributed by atoms with Crippen LogP contribution in [-0.4, -0.2) is 30.9 Å². The van der Waals surface area contributed by atoms with Gasteiger partial charge in [-0.3, -0.25) is 4.79 Å². The first-order valence-corrected chi connectivity index (χ1v) is 9.19. The number of hydrogen-bond acceptors (Lipinski definition) is 5. The molecule has 8 heteroatoms. The van der Waals surface area contributed by atoms with Gasteiger partial charge in [-0.2, -0.15) is 5.10 Å². The van der Waals surface area contributed by atoms with Crippen LogP contribution in [0.1, 0.15) is 16.7 Å². The van der Waals surface area contributed by atoms with Crippen LogP contribution in [0.25, 0.3) is 0 Å². The maximum atomic E-state index is 11.9. The highest BCUT2D eigenvalue weighted by atomic mass is 79.9. The van der Waals surface area contributed by atoms with Crippen LogP contribution in [0.3, 0.4) is 0 Å². The number of benzene rings is 2. The van der Waals surface area contributed by atoms with E-state index in [0.717, 1.165) is 11.1 Å². The van der Waals surface area contributed by atoms with Gasteiger partial charge in [-0.1, -0.05) is 18.2 Å². The molecule has 138 valence electrons. The average Bonchev–Trinajstić information content (AvgIpc) is 2.61.